The van der Waals surface area contributed by atoms with Gasteiger partial charge in [-0.05, 0) is 45.6 Å². The molecule has 2 aliphatic heterocycles. The summed E-state index contributed by atoms with van der Waals surface area (Å²) >= 11 is 0. The quantitative estimate of drug-likeness (QED) is 0.621. The lowest BCUT2D eigenvalue weighted by molar-refractivity contribution is 0.220. The summed E-state index contributed by atoms with van der Waals surface area (Å²) in [6.07, 6.45) is 6.81. The van der Waals surface area contributed by atoms with Crippen LogP contribution in [0.2, 0.25) is 0 Å². The monoisotopic (exact) mass is 299 g/mol. The molecule has 0 amide bonds. The Labute approximate surface area is 130 Å². The van der Waals surface area contributed by atoms with Crippen LogP contribution in [0, 0.1) is 6.92 Å². The van der Waals surface area contributed by atoms with Crippen molar-refractivity contribution >= 4 is 6.08 Å². The topological polar surface area (TPSA) is 47.9 Å². The largest absolute Gasteiger partial charge is 0.490 e. The van der Waals surface area contributed by atoms with Gasteiger partial charge >= 0.3 is 0 Å². The minimum atomic E-state index is -0.429. The van der Waals surface area contributed by atoms with Crippen LogP contribution in [0.25, 0.3) is 0 Å². The molecular formula is C18H21NO3. The fourth-order valence-corrected chi connectivity index (χ4v) is 4.23. The summed E-state index contributed by atoms with van der Waals surface area (Å²) in [5.74, 6) is 1.98. The second kappa shape index (κ2) is 4.60. The molecule has 3 aliphatic rings. The summed E-state index contributed by atoms with van der Waals surface area (Å²) < 4.78 is 12.2. The van der Waals surface area contributed by atoms with E-state index in [0.29, 0.717) is 0 Å². The zero-order valence-corrected chi connectivity index (χ0v) is 13.4. The highest BCUT2D eigenvalue weighted by Gasteiger charge is 2.47. The summed E-state index contributed by atoms with van der Waals surface area (Å²) in [5, 5.41) is 0. The third-order valence-corrected chi connectivity index (χ3v) is 5.40. The lowest BCUT2D eigenvalue weighted by Gasteiger charge is -2.39. The van der Waals surface area contributed by atoms with Gasteiger partial charge in [0, 0.05) is 29.5 Å². The van der Waals surface area contributed by atoms with E-state index < -0.39 is 5.54 Å². The zero-order valence-electron chi connectivity index (χ0n) is 13.4. The van der Waals surface area contributed by atoms with Crippen molar-refractivity contribution in [3.05, 3.63) is 22.3 Å². The maximum atomic E-state index is 11.0. The van der Waals surface area contributed by atoms with Crippen LogP contribution in [-0.2, 0) is 23.2 Å². The van der Waals surface area contributed by atoms with Crippen LogP contribution >= 0.6 is 0 Å². The Hall–Kier alpha value is -1.80. The van der Waals surface area contributed by atoms with Gasteiger partial charge in [-0.2, -0.15) is 4.99 Å². The van der Waals surface area contributed by atoms with Crippen molar-refractivity contribution < 1.29 is 14.3 Å². The predicted molar refractivity (Wildman–Crippen MR) is 82.4 cm³/mol. The first kappa shape index (κ1) is 13.8. The average molecular weight is 299 g/mol. The van der Waals surface area contributed by atoms with Crippen LogP contribution in [0.3, 0.4) is 0 Å². The van der Waals surface area contributed by atoms with Crippen LogP contribution < -0.4 is 9.47 Å². The molecule has 1 aliphatic carbocycles. The van der Waals surface area contributed by atoms with Crippen LogP contribution in [0.15, 0.2) is 4.99 Å². The van der Waals surface area contributed by atoms with E-state index >= 15 is 0 Å². The molecule has 0 N–H and O–H groups in total. The Morgan fingerprint density at radius 3 is 2.32 bits per heavy atom. The number of carbonyl (C=O) groups excluding carboxylic acids is 1. The van der Waals surface area contributed by atoms with Crippen LogP contribution in [0.1, 0.15) is 55.4 Å². The van der Waals surface area contributed by atoms with Gasteiger partial charge in [0.25, 0.3) is 0 Å². The van der Waals surface area contributed by atoms with E-state index in [1.54, 1.807) is 6.08 Å². The molecule has 22 heavy (non-hydrogen) atoms. The first-order valence-corrected chi connectivity index (χ1v) is 8.17. The molecule has 116 valence electrons. The summed E-state index contributed by atoms with van der Waals surface area (Å²) in [7, 11) is 0. The number of isocyanates is 1. The highest BCUT2D eigenvalue weighted by Crippen LogP contribution is 2.56. The van der Waals surface area contributed by atoms with Gasteiger partial charge in [-0.1, -0.05) is 0 Å². The number of benzene rings is 1. The highest BCUT2D eigenvalue weighted by atomic mass is 16.5. The molecule has 0 bridgehead atoms. The molecule has 0 radical (unpaired) electrons. The lowest BCUT2D eigenvalue weighted by Crippen LogP contribution is -2.33. The van der Waals surface area contributed by atoms with Crippen LogP contribution in [0.4, 0.5) is 0 Å². The van der Waals surface area contributed by atoms with Gasteiger partial charge in [0.1, 0.15) is 29.2 Å². The van der Waals surface area contributed by atoms with Crippen molar-refractivity contribution in [2.75, 3.05) is 0 Å². The fraction of sp³-hybridized carbons (Fsp3) is 0.611. The van der Waals surface area contributed by atoms with Gasteiger partial charge in [-0.3, -0.25) is 0 Å². The molecule has 0 spiro atoms. The smallest absolute Gasteiger partial charge is 0.235 e. The Morgan fingerprint density at radius 1 is 1.09 bits per heavy atom. The van der Waals surface area contributed by atoms with Gasteiger partial charge in [0.2, 0.25) is 6.08 Å². The maximum Gasteiger partial charge on any atom is 0.235 e. The van der Waals surface area contributed by atoms with Gasteiger partial charge < -0.3 is 9.47 Å². The first-order valence-electron chi connectivity index (χ1n) is 8.17. The Bertz CT molecular complexity index is 660. The number of rotatable bonds is 2. The van der Waals surface area contributed by atoms with Gasteiger partial charge in [-0.25, -0.2) is 4.79 Å². The summed E-state index contributed by atoms with van der Waals surface area (Å²) in [4.78, 5) is 15.2. The third kappa shape index (κ3) is 1.70. The molecule has 1 aromatic rings. The molecule has 4 heteroatoms. The molecule has 1 aromatic carbocycles. The Balaban J connectivity index is 2.00. The highest BCUT2D eigenvalue weighted by molar-refractivity contribution is 5.65. The van der Waals surface area contributed by atoms with E-state index in [0.717, 1.165) is 49.2 Å². The number of hydrogen-bond donors (Lipinski definition) is 0. The summed E-state index contributed by atoms with van der Waals surface area (Å²) in [6, 6.07) is 0. The molecule has 1 saturated carbocycles. The van der Waals surface area contributed by atoms with Gasteiger partial charge in [0.05, 0.1) is 0 Å². The Morgan fingerprint density at radius 2 is 1.73 bits per heavy atom. The molecule has 0 aromatic heterocycles. The van der Waals surface area contributed by atoms with Crippen LogP contribution in [0.5, 0.6) is 11.5 Å². The van der Waals surface area contributed by atoms with E-state index in [9.17, 15) is 4.79 Å². The van der Waals surface area contributed by atoms with Crippen molar-refractivity contribution in [2.45, 2.75) is 70.6 Å². The van der Waals surface area contributed by atoms with E-state index in [4.69, 9.17) is 9.47 Å². The molecular weight excluding hydrogens is 278 g/mol. The van der Waals surface area contributed by atoms with E-state index in [1.165, 1.54) is 16.7 Å². The number of fused-ring (bicyclic) bond motifs is 2. The standard InChI is InChI=1S/C18H21NO3/c1-10-7-13-12(3)16-14(8-11(2)21-16)15(17(13)22-10)18(19-9-20)5-4-6-18/h10-11H,4-8H2,1-3H3. The van der Waals surface area contributed by atoms with Crippen molar-refractivity contribution in [2.24, 2.45) is 4.99 Å². The maximum absolute atomic E-state index is 11.0. The van der Waals surface area contributed by atoms with Gasteiger partial charge in [-0.15, -0.1) is 0 Å². The number of aliphatic imine (C=N–C) groups is 1. The summed E-state index contributed by atoms with van der Waals surface area (Å²) in [6.45, 7) is 6.31. The number of hydrogen-bond acceptors (Lipinski definition) is 4. The second-order valence-electron chi connectivity index (χ2n) is 6.97. The third-order valence-electron chi connectivity index (χ3n) is 5.40. The number of nitrogens with zero attached hydrogens (tertiary/aromatic N) is 1. The molecule has 0 saturated heterocycles. The molecule has 2 heterocycles. The fourth-order valence-electron chi connectivity index (χ4n) is 4.23. The van der Waals surface area contributed by atoms with Gasteiger partial charge in [0.15, 0.2) is 0 Å². The van der Waals surface area contributed by atoms with Crippen molar-refractivity contribution in [1.82, 2.24) is 0 Å². The summed E-state index contributed by atoms with van der Waals surface area (Å²) in [5.41, 5.74) is 4.33. The first-order chi connectivity index (χ1) is 10.6. The van der Waals surface area contributed by atoms with Crippen LogP contribution in [-0.4, -0.2) is 18.3 Å². The van der Waals surface area contributed by atoms with E-state index in [2.05, 4.69) is 25.8 Å². The second-order valence-corrected chi connectivity index (χ2v) is 6.97. The van der Waals surface area contributed by atoms with E-state index in [-0.39, 0.29) is 12.2 Å². The molecule has 4 rings (SSSR count). The lowest BCUT2D eigenvalue weighted by atomic mass is 9.69. The molecule has 2 atom stereocenters. The van der Waals surface area contributed by atoms with E-state index in [1.807, 2.05) is 0 Å². The molecule has 2 unspecified atom stereocenters. The normalized spacial score (nSPS) is 27.0. The average Bonchev–Trinajstić information content (AvgIpc) is 2.99. The minimum Gasteiger partial charge on any atom is -0.490 e. The SMILES string of the molecule is Cc1c2c(c(C3(N=C=O)CCC3)c3c1OC(C)C3)OC(C)C2. The minimum absolute atomic E-state index is 0.171. The zero-order chi connectivity index (χ0) is 15.5. The molecule has 4 nitrogen and oxygen atoms in total. The molecule has 1 fully saturated rings. The predicted octanol–water partition coefficient (Wildman–Crippen LogP) is 3.36. The van der Waals surface area contributed by atoms with Crippen molar-refractivity contribution in [3.63, 3.8) is 0 Å². The number of ether oxygens (including phenoxy) is 2. The van der Waals surface area contributed by atoms with Crippen molar-refractivity contribution in [1.29, 1.82) is 0 Å². The van der Waals surface area contributed by atoms with Crippen molar-refractivity contribution in [3.8, 4) is 11.5 Å². The Kier molecular flexibility index (Phi) is 2.89.